The molecule has 2 fully saturated rings. The Morgan fingerprint density at radius 3 is 3.06 bits per heavy atom. The monoisotopic (exact) mass is 232 g/mol. The maximum Gasteiger partial charge on any atom is 0.134 e. The third-order valence-corrected chi connectivity index (χ3v) is 4.30. The summed E-state index contributed by atoms with van der Waals surface area (Å²) >= 11 is 0. The van der Waals surface area contributed by atoms with Crippen LogP contribution in [-0.2, 0) is 6.61 Å². The van der Waals surface area contributed by atoms with Crippen molar-refractivity contribution in [2.24, 2.45) is 5.92 Å². The second-order valence-corrected chi connectivity index (χ2v) is 5.24. The molecule has 1 aliphatic carbocycles. The predicted octanol–water partition coefficient (Wildman–Crippen LogP) is 2.34. The molecule has 17 heavy (non-hydrogen) atoms. The lowest BCUT2D eigenvalue weighted by Gasteiger charge is -2.39. The normalized spacial score (nSPS) is 28.2. The number of pyridine rings is 1. The average Bonchev–Trinajstić information content (AvgIpc) is 2.86. The molecule has 3 nitrogen and oxygen atoms in total. The van der Waals surface area contributed by atoms with Gasteiger partial charge < -0.3 is 10.0 Å². The van der Waals surface area contributed by atoms with E-state index in [9.17, 15) is 5.11 Å². The molecule has 3 heteroatoms. The van der Waals surface area contributed by atoms with Crippen LogP contribution in [0.25, 0.3) is 0 Å². The van der Waals surface area contributed by atoms with Gasteiger partial charge in [-0.15, -0.1) is 0 Å². The van der Waals surface area contributed by atoms with Crippen molar-refractivity contribution in [3.8, 4) is 0 Å². The fourth-order valence-electron chi connectivity index (χ4n) is 3.53. The lowest BCUT2D eigenvalue weighted by Crippen LogP contribution is -2.43. The van der Waals surface area contributed by atoms with Crippen molar-refractivity contribution >= 4 is 5.82 Å². The number of hydrogen-bond donors (Lipinski definition) is 1. The Hall–Kier alpha value is -1.09. The van der Waals surface area contributed by atoms with Crippen LogP contribution in [0.2, 0.25) is 0 Å². The fourth-order valence-corrected chi connectivity index (χ4v) is 3.53. The molecular formula is C14H20N2O. The van der Waals surface area contributed by atoms with E-state index in [-0.39, 0.29) is 6.61 Å². The molecule has 0 aromatic carbocycles. The van der Waals surface area contributed by atoms with Gasteiger partial charge in [-0.2, -0.15) is 0 Å². The Morgan fingerprint density at radius 2 is 2.18 bits per heavy atom. The summed E-state index contributed by atoms with van der Waals surface area (Å²) in [5.74, 6) is 1.88. The molecule has 1 aromatic heterocycles. The van der Waals surface area contributed by atoms with E-state index in [0.29, 0.717) is 6.04 Å². The van der Waals surface area contributed by atoms with E-state index < -0.39 is 0 Å². The van der Waals surface area contributed by atoms with E-state index in [2.05, 4.69) is 9.88 Å². The van der Waals surface area contributed by atoms with Crippen molar-refractivity contribution in [1.29, 1.82) is 0 Å². The lowest BCUT2D eigenvalue weighted by molar-refractivity contribution is 0.280. The van der Waals surface area contributed by atoms with Crippen molar-refractivity contribution in [2.75, 3.05) is 11.4 Å². The highest BCUT2D eigenvalue weighted by Gasteiger charge is 2.36. The molecule has 0 spiro atoms. The topological polar surface area (TPSA) is 36.4 Å². The molecule has 0 bridgehead atoms. The minimum atomic E-state index is 0.0943. The van der Waals surface area contributed by atoms with Gasteiger partial charge >= 0.3 is 0 Å². The number of aliphatic hydroxyl groups is 1. The summed E-state index contributed by atoms with van der Waals surface area (Å²) < 4.78 is 0. The number of aliphatic hydroxyl groups excluding tert-OH is 1. The number of anilines is 1. The molecule has 0 radical (unpaired) electrons. The van der Waals surface area contributed by atoms with Crippen molar-refractivity contribution in [1.82, 2.24) is 4.98 Å². The van der Waals surface area contributed by atoms with Crippen LogP contribution in [0.3, 0.4) is 0 Å². The minimum absolute atomic E-state index is 0.0943. The molecule has 2 atom stereocenters. The van der Waals surface area contributed by atoms with Gasteiger partial charge in [-0.1, -0.05) is 12.5 Å². The number of rotatable bonds is 2. The zero-order valence-corrected chi connectivity index (χ0v) is 10.2. The van der Waals surface area contributed by atoms with Crippen LogP contribution < -0.4 is 4.90 Å². The van der Waals surface area contributed by atoms with Gasteiger partial charge in [0, 0.05) is 24.3 Å². The van der Waals surface area contributed by atoms with Gasteiger partial charge in [-0.05, 0) is 37.7 Å². The van der Waals surface area contributed by atoms with Crippen LogP contribution in [0.15, 0.2) is 18.3 Å². The van der Waals surface area contributed by atoms with Crippen molar-refractivity contribution in [3.05, 3.63) is 23.9 Å². The second kappa shape index (κ2) is 4.65. The quantitative estimate of drug-likeness (QED) is 0.850. The first-order valence-corrected chi connectivity index (χ1v) is 6.71. The molecule has 1 N–H and O–H groups in total. The molecule has 0 amide bonds. The van der Waals surface area contributed by atoms with Gasteiger partial charge in [-0.25, -0.2) is 4.98 Å². The molecule has 2 unspecified atom stereocenters. The summed E-state index contributed by atoms with van der Waals surface area (Å²) in [5.41, 5.74) is 0.972. The van der Waals surface area contributed by atoms with Gasteiger partial charge in [0.25, 0.3) is 0 Å². The Labute approximate surface area is 102 Å². The Balaban J connectivity index is 1.91. The molecule has 2 heterocycles. The van der Waals surface area contributed by atoms with Crippen LogP contribution in [0.4, 0.5) is 5.82 Å². The molecule has 92 valence electrons. The molecule has 1 aliphatic heterocycles. The first-order valence-electron chi connectivity index (χ1n) is 6.71. The molecule has 1 saturated carbocycles. The van der Waals surface area contributed by atoms with Crippen molar-refractivity contribution in [3.63, 3.8) is 0 Å². The Morgan fingerprint density at radius 1 is 1.29 bits per heavy atom. The third-order valence-electron chi connectivity index (χ3n) is 4.30. The summed E-state index contributed by atoms with van der Waals surface area (Å²) in [4.78, 5) is 6.95. The highest BCUT2D eigenvalue weighted by atomic mass is 16.3. The van der Waals surface area contributed by atoms with Crippen molar-refractivity contribution in [2.45, 2.75) is 44.8 Å². The zero-order chi connectivity index (χ0) is 11.7. The number of fused-ring (bicyclic) bond motifs is 1. The van der Waals surface area contributed by atoms with Gasteiger partial charge in [0.05, 0.1) is 6.61 Å². The van der Waals surface area contributed by atoms with Crippen LogP contribution in [0.5, 0.6) is 0 Å². The number of hydrogen-bond acceptors (Lipinski definition) is 3. The summed E-state index contributed by atoms with van der Waals surface area (Å²) in [6, 6.07) is 4.57. The van der Waals surface area contributed by atoms with Gasteiger partial charge in [0.2, 0.25) is 0 Å². The number of nitrogens with zero attached hydrogens (tertiary/aromatic N) is 2. The number of aromatic nitrogens is 1. The minimum Gasteiger partial charge on any atom is -0.392 e. The average molecular weight is 232 g/mol. The third kappa shape index (κ3) is 1.93. The van der Waals surface area contributed by atoms with Crippen LogP contribution in [0, 0.1) is 5.92 Å². The maximum atomic E-state index is 9.42. The van der Waals surface area contributed by atoms with Gasteiger partial charge in [0.15, 0.2) is 0 Å². The van der Waals surface area contributed by atoms with Crippen LogP contribution >= 0.6 is 0 Å². The highest BCUT2D eigenvalue weighted by molar-refractivity contribution is 5.48. The molecule has 1 aromatic rings. The lowest BCUT2D eigenvalue weighted by atomic mass is 9.91. The van der Waals surface area contributed by atoms with E-state index >= 15 is 0 Å². The molecular weight excluding hydrogens is 212 g/mol. The van der Waals surface area contributed by atoms with E-state index in [1.165, 1.54) is 32.1 Å². The summed E-state index contributed by atoms with van der Waals surface area (Å²) in [7, 11) is 0. The fraction of sp³-hybridized carbons (Fsp3) is 0.643. The maximum absolute atomic E-state index is 9.42. The standard InChI is InChI=1S/C14H20N2O/c17-10-12-5-2-8-15-14(12)16-9-3-6-11-4-1-7-13(11)16/h2,5,8,11,13,17H,1,3-4,6-7,9-10H2. The predicted molar refractivity (Wildman–Crippen MR) is 67.9 cm³/mol. The van der Waals surface area contributed by atoms with Crippen LogP contribution in [0.1, 0.15) is 37.7 Å². The summed E-state index contributed by atoms with van der Waals surface area (Å²) in [6.07, 6.45) is 8.51. The van der Waals surface area contributed by atoms with Gasteiger partial charge in [-0.3, -0.25) is 0 Å². The van der Waals surface area contributed by atoms with E-state index in [4.69, 9.17) is 0 Å². The van der Waals surface area contributed by atoms with Crippen molar-refractivity contribution < 1.29 is 5.11 Å². The Bertz CT molecular complexity index is 394. The zero-order valence-electron chi connectivity index (χ0n) is 10.2. The Kier molecular flexibility index (Phi) is 3.02. The van der Waals surface area contributed by atoms with E-state index in [0.717, 1.165) is 23.8 Å². The molecule has 3 rings (SSSR count). The first kappa shape index (κ1) is 11.0. The molecule has 2 aliphatic rings. The summed E-state index contributed by atoms with van der Waals surface area (Å²) in [5, 5.41) is 9.42. The molecule has 1 saturated heterocycles. The van der Waals surface area contributed by atoms with E-state index in [1.807, 2.05) is 18.3 Å². The van der Waals surface area contributed by atoms with Crippen LogP contribution in [-0.4, -0.2) is 22.7 Å². The highest BCUT2D eigenvalue weighted by Crippen LogP contribution is 2.39. The first-order chi connectivity index (χ1) is 8.40. The second-order valence-electron chi connectivity index (χ2n) is 5.24. The van der Waals surface area contributed by atoms with E-state index in [1.54, 1.807) is 0 Å². The number of piperidine rings is 1. The van der Waals surface area contributed by atoms with Gasteiger partial charge in [0.1, 0.15) is 5.82 Å². The largest absolute Gasteiger partial charge is 0.392 e. The smallest absolute Gasteiger partial charge is 0.134 e. The summed E-state index contributed by atoms with van der Waals surface area (Å²) in [6.45, 7) is 1.20. The SMILES string of the molecule is OCc1cccnc1N1CCCC2CCCC21.